The Bertz CT molecular complexity index is 641. The normalized spacial score (nSPS) is 16.7. The average Bonchev–Trinajstić information content (AvgIpc) is 3.18. The second-order valence-corrected chi connectivity index (χ2v) is 8.05. The van der Waals surface area contributed by atoms with Gasteiger partial charge in [-0.2, -0.15) is 0 Å². The molecule has 0 spiro atoms. The number of hydrogen-bond acceptors (Lipinski definition) is 6. The van der Waals surface area contributed by atoms with Crippen molar-refractivity contribution in [1.82, 2.24) is 25.8 Å². The number of nitrogens with zero attached hydrogens (tertiary/aromatic N) is 3. The number of amides is 1. The Morgan fingerprint density at radius 2 is 1.93 bits per heavy atom. The van der Waals surface area contributed by atoms with Crippen molar-refractivity contribution >= 4 is 23.2 Å². The van der Waals surface area contributed by atoms with E-state index < -0.39 is 0 Å². The summed E-state index contributed by atoms with van der Waals surface area (Å²) in [5, 5.41) is 9.69. The van der Waals surface area contributed by atoms with E-state index in [-0.39, 0.29) is 5.91 Å². The maximum absolute atomic E-state index is 12.1. The van der Waals surface area contributed by atoms with Crippen LogP contribution in [0.2, 0.25) is 0 Å². The molecule has 1 fully saturated rings. The molecule has 1 aromatic rings. The summed E-state index contributed by atoms with van der Waals surface area (Å²) in [5.74, 6) is 1.33. The van der Waals surface area contributed by atoms with Crippen molar-refractivity contribution in [3.05, 3.63) is 16.1 Å². The molecule has 2 heterocycles. The number of guanidine groups is 1. The lowest BCUT2D eigenvalue weighted by Crippen LogP contribution is -2.53. The van der Waals surface area contributed by atoms with Gasteiger partial charge in [-0.3, -0.25) is 14.7 Å². The molecule has 8 nitrogen and oxygen atoms in total. The summed E-state index contributed by atoms with van der Waals surface area (Å²) in [5.41, 5.74) is 2.47. The van der Waals surface area contributed by atoms with E-state index in [2.05, 4.69) is 44.7 Å². The van der Waals surface area contributed by atoms with Crippen LogP contribution in [-0.4, -0.2) is 80.8 Å². The predicted octanol–water partition coefficient (Wildman–Crippen LogP) is 1.48. The van der Waals surface area contributed by atoms with Crippen LogP contribution in [0, 0.1) is 12.8 Å². The van der Waals surface area contributed by atoms with Crippen LogP contribution in [0.3, 0.4) is 0 Å². The van der Waals surface area contributed by atoms with Gasteiger partial charge in [-0.15, -0.1) is 11.3 Å². The molecule has 0 aliphatic carbocycles. The van der Waals surface area contributed by atoms with Crippen LogP contribution in [0.15, 0.2) is 10.5 Å². The van der Waals surface area contributed by atoms with Crippen molar-refractivity contribution in [3.8, 4) is 0 Å². The largest absolute Gasteiger partial charge is 0.379 e. The van der Waals surface area contributed by atoms with Gasteiger partial charge < -0.3 is 20.7 Å². The number of carbonyl (C=O) groups is 1. The van der Waals surface area contributed by atoms with Gasteiger partial charge in [-0.1, -0.05) is 26.7 Å². The van der Waals surface area contributed by atoms with E-state index in [1.807, 2.05) is 6.92 Å². The van der Waals surface area contributed by atoms with Crippen LogP contribution < -0.4 is 16.0 Å². The molecule has 1 amide bonds. The van der Waals surface area contributed by atoms with Crippen molar-refractivity contribution in [2.24, 2.45) is 10.9 Å². The first kappa shape index (κ1) is 23.6. The number of thiazole rings is 1. The number of rotatable bonds is 10. The van der Waals surface area contributed by atoms with Gasteiger partial charge in [0.1, 0.15) is 4.88 Å². The van der Waals surface area contributed by atoms with E-state index in [4.69, 9.17) is 4.74 Å². The highest BCUT2D eigenvalue weighted by molar-refractivity contribution is 7.11. The Morgan fingerprint density at radius 3 is 2.52 bits per heavy atom. The lowest BCUT2D eigenvalue weighted by Gasteiger charge is -2.39. The van der Waals surface area contributed by atoms with E-state index in [9.17, 15) is 4.79 Å². The minimum Gasteiger partial charge on any atom is -0.379 e. The molecule has 1 unspecified atom stereocenters. The van der Waals surface area contributed by atoms with Crippen molar-refractivity contribution in [1.29, 1.82) is 0 Å². The zero-order valence-electron chi connectivity index (χ0n) is 18.2. The molecule has 0 saturated carbocycles. The van der Waals surface area contributed by atoms with Crippen LogP contribution in [0.25, 0.3) is 0 Å². The number of nitrogens with one attached hydrogen (secondary N) is 3. The zero-order valence-corrected chi connectivity index (χ0v) is 19.0. The standard InChI is InChI=1S/C20H36N6O2S/c1-5-16(6-2)17(26-9-11-28-12-10-26)13-24-20(21-4)23-8-7-22-19(27)18-15(3)25-14-29-18/h14,16-17H,5-13H2,1-4H3,(H,22,27)(H2,21,23,24). The number of aryl methyl sites for hydroxylation is 1. The van der Waals surface area contributed by atoms with Crippen molar-refractivity contribution < 1.29 is 9.53 Å². The molecule has 9 heteroatoms. The van der Waals surface area contributed by atoms with Gasteiger partial charge in [0.2, 0.25) is 0 Å². The average molecular weight is 425 g/mol. The molecule has 1 aliphatic rings. The van der Waals surface area contributed by atoms with E-state index in [1.165, 1.54) is 11.3 Å². The van der Waals surface area contributed by atoms with Crippen molar-refractivity contribution in [2.45, 2.75) is 39.7 Å². The van der Waals surface area contributed by atoms with Gasteiger partial charge in [0.05, 0.1) is 24.4 Å². The topological polar surface area (TPSA) is 90.9 Å². The fourth-order valence-electron chi connectivity index (χ4n) is 3.71. The van der Waals surface area contributed by atoms with Crippen LogP contribution in [-0.2, 0) is 4.74 Å². The van der Waals surface area contributed by atoms with E-state index in [0.717, 1.165) is 57.3 Å². The second-order valence-electron chi connectivity index (χ2n) is 7.19. The summed E-state index contributed by atoms with van der Waals surface area (Å²) in [6.07, 6.45) is 2.32. The van der Waals surface area contributed by atoms with Gasteiger partial charge in [0.25, 0.3) is 5.91 Å². The molecule has 1 aromatic heterocycles. The minimum absolute atomic E-state index is 0.0733. The Balaban J connectivity index is 1.78. The van der Waals surface area contributed by atoms with Crippen molar-refractivity contribution in [2.75, 3.05) is 53.0 Å². The molecule has 1 saturated heterocycles. The maximum atomic E-state index is 12.1. The molecule has 3 N–H and O–H groups in total. The third-order valence-corrected chi connectivity index (χ3v) is 6.39. The van der Waals surface area contributed by atoms with Gasteiger partial charge in [-0.25, -0.2) is 4.98 Å². The van der Waals surface area contributed by atoms with Gasteiger partial charge >= 0.3 is 0 Å². The van der Waals surface area contributed by atoms with Crippen molar-refractivity contribution in [3.63, 3.8) is 0 Å². The molecule has 29 heavy (non-hydrogen) atoms. The molecular formula is C20H36N6O2S. The Morgan fingerprint density at radius 1 is 1.24 bits per heavy atom. The minimum atomic E-state index is -0.0733. The first-order valence-corrected chi connectivity index (χ1v) is 11.4. The molecular weight excluding hydrogens is 388 g/mol. The molecule has 0 bridgehead atoms. The number of aliphatic imine (C=N–C) groups is 1. The highest BCUT2D eigenvalue weighted by Gasteiger charge is 2.27. The molecule has 1 atom stereocenters. The molecule has 1 aliphatic heterocycles. The predicted molar refractivity (Wildman–Crippen MR) is 119 cm³/mol. The Hall–Kier alpha value is -1.71. The van der Waals surface area contributed by atoms with Gasteiger partial charge in [0.15, 0.2) is 5.96 Å². The second kappa shape index (κ2) is 12.8. The lowest BCUT2D eigenvalue weighted by atomic mass is 9.92. The molecule has 2 rings (SSSR count). The zero-order chi connectivity index (χ0) is 21.1. The van der Waals surface area contributed by atoms with Crippen LogP contribution >= 0.6 is 11.3 Å². The van der Waals surface area contributed by atoms with Gasteiger partial charge in [0, 0.05) is 45.8 Å². The summed E-state index contributed by atoms with van der Waals surface area (Å²) in [7, 11) is 1.77. The summed E-state index contributed by atoms with van der Waals surface area (Å²) in [6, 6.07) is 0.460. The first-order valence-electron chi connectivity index (χ1n) is 10.5. The number of morpholine rings is 1. The third kappa shape index (κ3) is 7.24. The van der Waals surface area contributed by atoms with Crippen LogP contribution in [0.5, 0.6) is 0 Å². The SMILES string of the molecule is CCC(CC)C(CNC(=NC)NCCNC(=O)c1scnc1C)N1CCOCC1. The summed E-state index contributed by atoms with van der Waals surface area (Å²) >= 11 is 1.36. The molecule has 164 valence electrons. The summed E-state index contributed by atoms with van der Waals surface area (Å²) < 4.78 is 5.53. The van der Waals surface area contributed by atoms with E-state index in [0.29, 0.717) is 29.9 Å². The maximum Gasteiger partial charge on any atom is 0.263 e. The summed E-state index contributed by atoms with van der Waals surface area (Å²) in [6.45, 7) is 11.9. The number of ether oxygens (including phenoxy) is 1. The smallest absolute Gasteiger partial charge is 0.263 e. The fraction of sp³-hybridized carbons (Fsp3) is 0.750. The highest BCUT2D eigenvalue weighted by atomic mass is 32.1. The Kier molecular flexibility index (Phi) is 10.4. The molecule has 0 aromatic carbocycles. The Labute approximate surface area is 178 Å². The molecule has 0 radical (unpaired) electrons. The highest BCUT2D eigenvalue weighted by Crippen LogP contribution is 2.19. The van der Waals surface area contributed by atoms with Gasteiger partial charge in [-0.05, 0) is 12.8 Å². The van der Waals surface area contributed by atoms with Crippen LogP contribution in [0.4, 0.5) is 0 Å². The lowest BCUT2D eigenvalue weighted by molar-refractivity contribution is 0.00272. The fourth-order valence-corrected chi connectivity index (χ4v) is 4.43. The quantitative estimate of drug-likeness (QED) is 0.299. The van der Waals surface area contributed by atoms with E-state index in [1.54, 1.807) is 12.6 Å². The first-order chi connectivity index (χ1) is 14.1. The number of carbonyl (C=O) groups excluding carboxylic acids is 1. The number of aromatic nitrogens is 1. The number of hydrogen-bond donors (Lipinski definition) is 3. The summed E-state index contributed by atoms with van der Waals surface area (Å²) in [4.78, 5) is 23.8. The third-order valence-electron chi connectivity index (χ3n) is 5.46. The monoisotopic (exact) mass is 424 g/mol. The van der Waals surface area contributed by atoms with Crippen LogP contribution in [0.1, 0.15) is 42.1 Å². The van der Waals surface area contributed by atoms with E-state index >= 15 is 0 Å².